The van der Waals surface area contributed by atoms with Gasteiger partial charge >= 0.3 is 6.03 Å². The molecule has 0 heterocycles. The van der Waals surface area contributed by atoms with Gasteiger partial charge in [0.2, 0.25) is 0 Å². The summed E-state index contributed by atoms with van der Waals surface area (Å²) in [5.74, 6) is 0. The Morgan fingerprint density at radius 3 is 2.83 bits per heavy atom. The fraction of sp³-hybridized carbons (Fsp3) is 0.500. The maximum absolute atomic E-state index is 11.6. The van der Waals surface area contributed by atoms with Crippen LogP contribution in [0.2, 0.25) is 0 Å². The molecule has 4 heteroatoms. The van der Waals surface area contributed by atoms with Gasteiger partial charge in [0.15, 0.2) is 0 Å². The van der Waals surface area contributed by atoms with E-state index in [1.165, 1.54) is 5.56 Å². The maximum atomic E-state index is 11.6. The van der Waals surface area contributed by atoms with E-state index in [-0.39, 0.29) is 6.03 Å². The van der Waals surface area contributed by atoms with Crippen molar-refractivity contribution in [3.63, 3.8) is 0 Å². The van der Waals surface area contributed by atoms with Crippen molar-refractivity contribution in [3.05, 3.63) is 29.3 Å². The number of rotatable bonds is 6. The van der Waals surface area contributed by atoms with Crippen molar-refractivity contribution < 1.29 is 9.53 Å². The molecule has 0 aromatic heterocycles. The number of benzene rings is 1. The van der Waals surface area contributed by atoms with Crippen molar-refractivity contribution in [1.29, 1.82) is 0 Å². The molecule has 1 aromatic carbocycles. The number of urea groups is 1. The Hall–Kier alpha value is -1.55. The predicted molar refractivity (Wildman–Crippen MR) is 74.0 cm³/mol. The molecular weight excluding hydrogens is 228 g/mol. The number of nitrogens with one attached hydrogen (secondary N) is 2. The van der Waals surface area contributed by atoms with E-state index in [9.17, 15) is 4.79 Å². The molecule has 0 saturated carbocycles. The topological polar surface area (TPSA) is 50.4 Å². The number of aryl methyl sites for hydroxylation is 1. The van der Waals surface area contributed by atoms with Crippen LogP contribution in [0.5, 0.6) is 0 Å². The zero-order chi connectivity index (χ0) is 13.4. The molecule has 0 aliphatic rings. The van der Waals surface area contributed by atoms with Crippen LogP contribution in [-0.4, -0.2) is 25.8 Å². The van der Waals surface area contributed by atoms with Gasteiger partial charge in [-0.2, -0.15) is 0 Å². The molecule has 100 valence electrons. The lowest BCUT2D eigenvalue weighted by Crippen LogP contribution is -2.30. The number of hydrogen-bond donors (Lipinski definition) is 2. The lowest BCUT2D eigenvalue weighted by molar-refractivity contribution is 0.145. The van der Waals surface area contributed by atoms with E-state index >= 15 is 0 Å². The van der Waals surface area contributed by atoms with Gasteiger partial charge in [-0.3, -0.25) is 0 Å². The third-order valence-corrected chi connectivity index (χ3v) is 2.81. The second kappa shape index (κ2) is 7.71. The van der Waals surface area contributed by atoms with Gasteiger partial charge in [0.1, 0.15) is 0 Å². The Balaban J connectivity index is 2.34. The Kier molecular flexibility index (Phi) is 6.22. The van der Waals surface area contributed by atoms with Crippen molar-refractivity contribution in [2.45, 2.75) is 27.2 Å². The zero-order valence-corrected chi connectivity index (χ0v) is 11.4. The van der Waals surface area contributed by atoms with E-state index in [0.29, 0.717) is 19.8 Å². The quantitative estimate of drug-likeness (QED) is 0.763. The van der Waals surface area contributed by atoms with E-state index < -0.39 is 0 Å². The molecule has 1 aromatic rings. The normalized spacial score (nSPS) is 10.2. The average Bonchev–Trinajstić information content (AvgIpc) is 2.35. The van der Waals surface area contributed by atoms with Crippen LogP contribution in [0.3, 0.4) is 0 Å². The van der Waals surface area contributed by atoms with Crippen LogP contribution in [0, 0.1) is 13.8 Å². The summed E-state index contributed by atoms with van der Waals surface area (Å²) < 4.78 is 5.20. The van der Waals surface area contributed by atoms with Gasteiger partial charge < -0.3 is 15.4 Å². The highest BCUT2D eigenvalue weighted by Crippen LogP contribution is 2.17. The summed E-state index contributed by atoms with van der Waals surface area (Å²) in [4.78, 5) is 11.6. The van der Waals surface area contributed by atoms with E-state index in [0.717, 1.165) is 17.7 Å². The van der Waals surface area contributed by atoms with Crippen LogP contribution in [0.15, 0.2) is 18.2 Å². The van der Waals surface area contributed by atoms with Gasteiger partial charge in [0.25, 0.3) is 0 Å². The van der Waals surface area contributed by atoms with Crippen LogP contribution >= 0.6 is 0 Å². The highest BCUT2D eigenvalue weighted by Gasteiger charge is 2.04. The zero-order valence-electron chi connectivity index (χ0n) is 11.4. The molecule has 0 atom stereocenters. The first-order valence-electron chi connectivity index (χ1n) is 6.34. The minimum absolute atomic E-state index is 0.166. The molecule has 1 rings (SSSR count). The third kappa shape index (κ3) is 4.75. The molecule has 0 saturated heterocycles. The number of amides is 2. The van der Waals surface area contributed by atoms with Crippen LogP contribution in [0.25, 0.3) is 0 Å². The maximum Gasteiger partial charge on any atom is 0.319 e. The van der Waals surface area contributed by atoms with E-state index in [2.05, 4.69) is 10.6 Å². The number of hydrogen-bond acceptors (Lipinski definition) is 2. The van der Waals surface area contributed by atoms with Gasteiger partial charge in [0, 0.05) is 25.4 Å². The number of carbonyl (C=O) groups is 1. The fourth-order valence-corrected chi connectivity index (χ4v) is 1.57. The summed E-state index contributed by atoms with van der Waals surface area (Å²) >= 11 is 0. The summed E-state index contributed by atoms with van der Waals surface area (Å²) in [6.07, 6.45) is 0.827. The van der Waals surface area contributed by atoms with Gasteiger partial charge in [-0.1, -0.05) is 12.1 Å². The monoisotopic (exact) mass is 250 g/mol. The second-order valence-corrected chi connectivity index (χ2v) is 4.18. The van der Waals surface area contributed by atoms with Crippen molar-refractivity contribution in [2.24, 2.45) is 0 Å². The molecule has 0 unspecified atom stereocenters. The standard InChI is InChI=1S/C14H22N2O2/c1-4-18-10-6-9-15-14(17)16-13-8-5-7-11(2)12(13)3/h5,7-8H,4,6,9-10H2,1-3H3,(H2,15,16,17). The van der Waals surface area contributed by atoms with Crippen LogP contribution < -0.4 is 10.6 Å². The van der Waals surface area contributed by atoms with Gasteiger partial charge in [-0.15, -0.1) is 0 Å². The molecule has 0 aliphatic heterocycles. The van der Waals surface area contributed by atoms with Crippen molar-refractivity contribution in [2.75, 3.05) is 25.1 Å². The number of ether oxygens (including phenoxy) is 1. The number of anilines is 1. The smallest absolute Gasteiger partial charge is 0.319 e. The Morgan fingerprint density at radius 2 is 2.11 bits per heavy atom. The highest BCUT2D eigenvalue weighted by molar-refractivity contribution is 5.90. The van der Waals surface area contributed by atoms with E-state index in [1.54, 1.807) is 0 Å². The Labute approximate surface area is 109 Å². The fourth-order valence-electron chi connectivity index (χ4n) is 1.57. The molecule has 0 aliphatic carbocycles. The minimum Gasteiger partial charge on any atom is -0.382 e. The summed E-state index contributed by atoms with van der Waals surface area (Å²) in [6.45, 7) is 8.01. The van der Waals surface area contributed by atoms with Gasteiger partial charge in [0.05, 0.1) is 0 Å². The molecule has 0 radical (unpaired) electrons. The lowest BCUT2D eigenvalue weighted by atomic mass is 10.1. The lowest BCUT2D eigenvalue weighted by Gasteiger charge is -2.11. The molecule has 0 fully saturated rings. The van der Waals surface area contributed by atoms with Crippen LogP contribution in [0.4, 0.5) is 10.5 Å². The van der Waals surface area contributed by atoms with Crippen molar-refractivity contribution in [3.8, 4) is 0 Å². The average molecular weight is 250 g/mol. The summed E-state index contributed by atoms with van der Waals surface area (Å²) in [7, 11) is 0. The molecular formula is C14H22N2O2. The SMILES string of the molecule is CCOCCCNC(=O)Nc1cccc(C)c1C. The summed E-state index contributed by atoms with van der Waals surface area (Å²) in [5, 5.41) is 5.66. The van der Waals surface area contributed by atoms with Crippen LogP contribution in [-0.2, 0) is 4.74 Å². The summed E-state index contributed by atoms with van der Waals surface area (Å²) in [6, 6.07) is 5.70. The molecule has 18 heavy (non-hydrogen) atoms. The number of carbonyl (C=O) groups excluding carboxylic acids is 1. The first-order valence-corrected chi connectivity index (χ1v) is 6.34. The molecule has 4 nitrogen and oxygen atoms in total. The molecule has 0 bridgehead atoms. The van der Waals surface area contributed by atoms with Gasteiger partial charge in [-0.05, 0) is 44.4 Å². The van der Waals surface area contributed by atoms with Crippen molar-refractivity contribution in [1.82, 2.24) is 5.32 Å². The van der Waals surface area contributed by atoms with E-state index in [1.807, 2.05) is 39.0 Å². The van der Waals surface area contributed by atoms with Gasteiger partial charge in [-0.25, -0.2) is 4.79 Å². The molecule has 2 N–H and O–H groups in total. The first kappa shape index (κ1) is 14.5. The first-order chi connectivity index (χ1) is 8.65. The third-order valence-electron chi connectivity index (χ3n) is 2.81. The highest BCUT2D eigenvalue weighted by atomic mass is 16.5. The predicted octanol–water partition coefficient (Wildman–Crippen LogP) is 2.85. The molecule has 2 amide bonds. The summed E-state index contributed by atoms with van der Waals surface area (Å²) in [5.41, 5.74) is 3.13. The van der Waals surface area contributed by atoms with E-state index in [4.69, 9.17) is 4.74 Å². The Morgan fingerprint density at radius 1 is 1.33 bits per heavy atom. The Bertz CT molecular complexity index is 391. The molecule has 0 spiro atoms. The van der Waals surface area contributed by atoms with Crippen LogP contribution in [0.1, 0.15) is 24.5 Å². The minimum atomic E-state index is -0.166. The van der Waals surface area contributed by atoms with Crippen molar-refractivity contribution >= 4 is 11.7 Å². The second-order valence-electron chi connectivity index (χ2n) is 4.18. The largest absolute Gasteiger partial charge is 0.382 e.